The highest BCUT2D eigenvalue weighted by molar-refractivity contribution is 8.00. The van der Waals surface area contributed by atoms with Crippen LogP contribution in [0, 0.1) is 6.92 Å². The first kappa shape index (κ1) is 34.8. The third-order valence-electron chi connectivity index (χ3n) is 7.21. The van der Waals surface area contributed by atoms with Crippen molar-refractivity contribution in [3.05, 3.63) is 154 Å². The molecule has 49 heavy (non-hydrogen) atoms. The average Bonchev–Trinajstić information content (AvgIpc) is 3.13. The molecule has 10 heteroatoms. The summed E-state index contributed by atoms with van der Waals surface area (Å²) in [6.45, 7) is 2.28. The fourth-order valence-corrected chi connectivity index (χ4v) is 5.46. The van der Waals surface area contributed by atoms with Gasteiger partial charge in [0.2, 0.25) is 5.91 Å². The fraction of sp³-hybridized carbons (Fsp3) is 0.103. The number of benzene rings is 5. The minimum Gasteiger partial charge on any atom is -0.495 e. The van der Waals surface area contributed by atoms with Gasteiger partial charge in [0.1, 0.15) is 23.8 Å². The van der Waals surface area contributed by atoms with Crippen LogP contribution in [0.2, 0.25) is 5.02 Å². The molecule has 8 nitrogen and oxygen atoms in total. The molecule has 248 valence electrons. The summed E-state index contributed by atoms with van der Waals surface area (Å²) < 4.78 is 11.2. The Morgan fingerprint density at radius 3 is 2.16 bits per heavy atom. The van der Waals surface area contributed by atoms with Gasteiger partial charge in [-0.1, -0.05) is 72.3 Å². The summed E-state index contributed by atoms with van der Waals surface area (Å²) in [7, 11) is 1.52. The van der Waals surface area contributed by atoms with Crippen molar-refractivity contribution in [3.8, 4) is 11.5 Å². The smallest absolute Gasteiger partial charge is 0.272 e. The van der Waals surface area contributed by atoms with Crippen molar-refractivity contribution in [2.24, 2.45) is 0 Å². The molecule has 3 N–H and O–H groups in total. The first-order chi connectivity index (χ1) is 23.8. The van der Waals surface area contributed by atoms with E-state index in [1.165, 1.54) is 18.9 Å². The van der Waals surface area contributed by atoms with E-state index in [-0.39, 0.29) is 17.4 Å². The molecule has 0 saturated carbocycles. The number of aryl methyl sites for hydroxylation is 1. The molecular formula is C39H34ClN3O5S. The second-order valence-electron chi connectivity index (χ2n) is 10.8. The summed E-state index contributed by atoms with van der Waals surface area (Å²) in [4.78, 5) is 40.0. The number of nitrogens with one attached hydrogen (secondary N) is 3. The Kier molecular flexibility index (Phi) is 12.1. The van der Waals surface area contributed by atoms with Crippen LogP contribution in [0.15, 0.2) is 132 Å². The van der Waals surface area contributed by atoms with Gasteiger partial charge in [-0.05, 0) is 84.3 Å². The summed E-state index contributed by atoms with van der Waals surface area (Å²) in [5.41, 5.74) is 4.12. The molecule has 0 fully saturated rings. The van der Waals surface area contributed by atoms with Gasteiger partial charge in [0.05, 0.1) is 18.6 Å². The number of thioether (sulfide) groups is 1. The van der Waals surface area contributed by atoms with Gasteiger partial charge < -0.3 is 25.4 Å². The van der Waals surface area contributed by atoms with Crippen LogP contribution in [0.3, 0.4) is 0 Å². The number of anilines is 2. The molecule has 0 unspecified atom stereocenters. The van der Waals surface area contributed by atoms with Crippen LogP contribution < -0.4 is 25.4 Å². The maximum absolute atomic E-state index is 13.5. The van der Waals surface area contributed by atoms with Crippen molar-refractivity contribution in [2.75, 3.05) is 23.5 Å². The van der Waals surface area contributed by atoms with Crippen molar-refractivity contribution in [3.63, 3.8) is 0 Å². The van der Waals surface area contributed by atoms with E-state index in [1.54, 1.807) is 66.7 Å². The number of ether oxygens (including phenoxy) is 2. The van der Waals surface area contributed by atoms with Crippen LogP contribution in [0.1, 0.15) is 27.0 Å². The maximum Gasteiger partial charge on any atom is 0.272 e. The minimum absolute atomic E-state index is 0.0646. The Labute approximate surface area is 294 Å². The van der Waals surface area contributed by atoms with Crippen LogP contribution in [0.25, 0.3) is 6.08 Å². The highest BCUT2D eigenvalue weighted by Gasteiger charge is 2.16. The number of carbonyl (C=O) groups is 3. The molecule has 0 bridgehead atoms. The Balaban J connectivity index is 1.23. The molecule has 0 saturated heterocycles. The summed E-state index contributed by atoms with van der Waals surface area (Å²) in [5, 5.41) is 9.03. The van der Waals surface area contributed by atoms with Gasteiger partial charge in [0.15, 0.2) is 0 Å². The van der Waals surface area contributed by atoms with Gasteiger partial charge in [0.25, 0.3) is 11.8 Å². The molecule has 0 atom stereocenters. The second-order valence-corrected chi connectivity index (χ2v) is 12.3. The van der Waals surface area contributed by atoms with Crippen LogP contribution in [0.4, 0.5) is 11.4 Å². The van der Waals surface area contributed by atoms with Gasteiger partial charge in [-0.3, -0.25) is 14.4 Å². The predicted molar refractivity (Wildman–Crippen MR) is 196 cm³/mol. The molecule has 5 rings (SSSR count). The number of rotatable bonds is 13. The first-order valence-corrected chi connectivity index (χ1v) is 16.7. The molecule has 0 aliphatic rings. The van der Waals surface area contributed by atoms with E-state index in [9.17, 15) is 14.4 Å². The number of methoxy groups -OCH3 is 1. The van der Waals surface area contributed by atoms with Crippen LogP contribution in [-0.2, 0) is 16.2 Å². The van der Waals surface area contributed by atoms with Gasteiger partial charge >= 0.3 is 0 Å². The Morgan fingerprint density at radius 2 is 1.49 bits per heavy atom. The van der Waals surface area contributed by atoms with E-state index in [2.05, 4.69) is 16.0 Å². The Morgan fingerprint density at radius 1 is 0.816 bits per heavy atom. The van der Waals surface area contributed by atoms with E-state index < -0.39 is 11.8 Å². The normalized spacial score (nSPS) is 11.0. The molecule has 0 radical (unpaired) electrons. The molecule has 0 aliphatic carbocycles. The molecule has 0 heterocycles. The maximum atomic E-state index is 13.5. The SMILES string of the molecule is COc1cc(Cl)c(C)cc1NC(=O)CSc1ccc(NC(=O)/C(=C/c2ccc(OCc3ccccc3)cc2)NC(=O)c2ccccc2)cc1. The Hall–Kier alpha value is -5.51. The van der Waals surface area contributed by atoms with Crippen molar-refractivity contribution in [1.29, 1.82) is 0 Å². The lowest BCUT2D eigenvalue weighted by atomic mass is 10.1. The number of carbonyl (C=O) groups excluding carboxylic acids is 3. The zero-order valence-electron chi connectivity index (χ0n) is 26.9. The van der Waals surface area contributed by atoms with Crippen molar-refractivity contribution in [1.82, 2.24) is 5.32 Å². The molecule has 0 aromatic heterocycles. The van der Waals surface area contributed by atoms with E-state index in [4.69, 9.17) is 21.1 Å². The standard InChI is InChI=1S/C39H34ClN3O5S/c1-26-21-34(36(47-2)23-33(26)40)42-37(44)25-49-32-19-15-30(16-20-32)41-39(46)35(43-38(45)29-11-7-4-8-12-29)22-27-13-17-31(18-14-27)48-24-28-9-5-3-6-10-28/h3-23H,24-25H2,1-2H3,(H,41,46)(H,42,44)(H,43,45)/b35-22-. The lowest BCUT2D eigenvalue weighted by Crippen LogP contribution is -2.30. The zero-order valence-corrected chi connectivity index (χ0v) is 28.4. The third kappa shape index (κ3) is 10.2. The highest BCUT2D eigenvalue weighted by atomic mass is 35.5. The lowest BCUT2D eigenvalue weighted by Gasteiger charge is -2.13. The van der Waals surface area contributed by atoms with Crippen LogP contribution in [-0.4, -0.2) is 30.6 Å². The fourth-order valence-electron chi connectivity index (χ4n) is 4.61. The van der Waals surface area contributed by atoms with E-state index in [1.807, 2.05) is 67.6 Å². The largest absolute Gasteiger partial charge is 0.495 e. The van der Waals surface area contributed by atoms with Crippen molar-refractivity contribution >= 4 is 58.5 Å². The topological polar surface area (TPSA) is 106 Å². The number of hydrogen-bond acceptors (Lipinski definition) is 6. The summed E-state index contributed by atoms with van der Waals surface area (Å²) in [6, 6.07) is 36.3. The number of amides is 3. The lowest BCUT2D eigenvalue weighted by molar-refractivity contribution is -0.114. The molecule has 0 aliphatic heterocycles. The second kappa shape index (κ2) is 17.1. The average molecular weight is 692 g/mol. The monoisotopic (exact) mass is 691 g/mol. The molecular weight excluding hydrogens is 658 g/mol. The Bertz CT molecular complexity index is 1930. The molecule has 5 aromatic rings. The molecule has 0 spiro atoms. The molecule has 3 amide bonds. The number of halogens is 1. The summed E-state index contributed by atoms with van der Waals surface area (Å²) in [5.74, 6) is 0.192. The predicted octanol–water partition coefficient (Wildman–Crippen LogP) is 8.38. The van der Waals surface area contributed by atoms with Crippen molar-refractivity contribution < 1.29 is 23.9 Å². The highest BCUT2D eigenvalue weighted by Crippen LogP contribution is 2.31. The van der Waals surface area contributed by atoms with Crippen LogP contribution >= 0.6 is 23.4 Å². The quantitative estimate of drug-likeness (QED) is 0.0846. The molecule has 5 aromatic carbocycles. The van der Waals surface area contributed by atoms with E-state index in [0.717, 1.165) is 16.0 Å². The van der Waals surface area contributed by atoms with Gasteiger partial charge in [-0.15, -0.1) is 11.8 Å². The first-order valence-electron chi connectivity index (χ1n) is 15.3. The summed E-state index contributed by atoms with van der Waals surface area (Å²) in [6.07, 6.45) is 1.61. The van der Waals surface area contributed by atoms with Crippen molar-refractivity contribution in [2.45, 2.75) is 18.4 Å². The van der Waals surface area contributed by atoms with E-state index in [0.29, 0.717) is 45.6 Å². The third-order valence-corrected chi connectivity index (χ3v) is 8.62. The van der Waals surface area contributed by atoms with Gasteiger partial charge in [-0.25, -0.2) is 0 Å². The van der Waals surface area contributed by atoms with Gasteiger partial charge in [0, 0.05) is 27.2 Å². The summed E-state index contributed by atoms with van der Waals surface area (Å²) >= 11 is 7.51. The zero-order chi connectivity index (χ0) is 34.6. The van der Waals surface area contributed by atoms with E-state index >= 15 is 0 Å². The van der Waals surface area contributed by atoms with Crippen LogP contribution in [0.5, 0.6) is 11.5 Å². The number of hydrogen-bond donors (Lipinski definition) is 3. The minimum atomic E-state index is -0.499. The van der Waals surface area contributed by atoms with Gasteiger partial charge in [-0.2, -0.15) is 0 Å².